The first-order valence-electron chi connectivity index (χ1n) is 12.9. The second kappa shape index (κ2) is 12.0. The van der Waals surface area contributed by atoms with Crippen molar-refractivity contribution in [3.63, 3.8) is 0 Å². The average molecular weight is 546 g/mol. The van der Waals surface area contributed by atoms with E-state index < -0.39 is 28.9 Å². The van der Waals surface area contributed by atoms with Crippen LogP contribution in [-0.4, -0.2) is 39.7 Å². The standard InChI is InChI=1S/C29H37F2N3O5/c1-8-13-29(6,32-27(36)39-28(3,4)5)14-12-24(35)26-18(2)33-34-23(26)15-19(37-7)16-25(34)38-17-20-21(30)10-9-11-22(20)31/h9-11,15-16H,8,12-14,17H2,1-7H3,(H,32,36). The van der Waals surface area contributed by atoms with Crippen LogP contribution in [0.2, 0.25) is 0 Å². The predicted molar refractivity (Wildman–Crippen MR) is 143 cm³/mol. The molecule has 3 rings (SSSR count). The van der Waals surface area contributed by atoms with Crippen molar-refractivity contribution in [2.45, 2.75) is 85.0 Å². The van der Waals surface area contributed by atoms with Gasteiger partial charge in [0.05, 0.1) is 29.4 Å². The molecule has 3 aromatic rings. The van der Waals surface area contributed by atoms with Crippen LogP contribution >= 0.6 is 0 Å². The molecule has 0 bridgehead atoms. The molecule has 1 aromatic carbocycles. The van der Waals surface area contributed by atoms with Gasteiger partial charge in [-0.15, -0.1) is 0 Å². The van der Waals surface area contributed by atoms with E-state index in [0.29, 0.717) is 35.4 Å². The maximum atomic E-state index is 14.1. The number of carbonyl (C=O) groups excluding carboxylic acids is 2. The van der Waals surface area contributed by atoms with Crippen molar-refractivity contribution in [2.24, 2.45) is 0 Å². The molecule has 0 aliphatic heterocycles. The number of carbonyl (C=O) groups is 2. The summed E-state index contributed by atoms with van der Waals surface area (Å²) in [6, 6.07) is 6.79. The Kier molecular flexibility index (Phi) is 9.19. The topological polar surface area (TPSA) is 91.2 Å². The third-order valence-electron chi connectivity index (χ3n) is 6.30. The number of alkyl carbamates (subject to hydrolysis) is 1. The molecule has 0 aliphatic carbocycles. The second-order valence-corrected chi connectivity index (χ2v) is 10.8. The highest BCUT2D eigenvalue weighted by Crippen LogP contribution is 2.30. The summed E-state index contributed by atoms with van der Waals surface area (Å²) in [5.41, 5.74) is -0.226. The molecule has 0 saturated carbocycles. The Hall–Kier alpha value is -3.69. The van der Waals surface area contributed by atoms with Crippen LogP contribution in [0.15, 0.2) is 30.3 Å². The van der Waals surface area contributed by atoms with Crippen molar-refractivity contribution in [3.8, 4) is 11.6 Å². The summed E-state index contributed by atoms with van der Waals surface area (Å²) >= 11 is 0. The Labute approximate surface area is 227 Å². The summed E-state index contributed by atoms with van der Waals surface area (Å²) in [6.45, 7) is 10.6. The molecule has 212 valence electrons. The lowest BCUT2D eigenvalue weighted by molar-refractivity contribution is 0.0448. The van der Waals surface area contributed by atoms with Gasteiger partial charge in [-0.25, -0.2) is 13.6 Å². The monoisotopic (exact) mass is 545 g/mol. The molecule has 0 aliphatic rings. The molecular weight excluding hydrogens is 508 g/mol. The first kappa shape index (κ1) is 29.9. The summed E-state index contributed by atoms with van der Waals surface area (Å²) < 4.78 is 46.3. The average Bonchev–Trinajstić information content (AvgIpc) is 3.16. The van der Waals surface area contributed by atoms with Crippen LogP contribution in [-0.2, 0) is 11.3 Å². The van der Waals surface area contributed by atoms with Crippen molar-refractivity contribution in [1.82, 2.24) is 14.9 Å². The summed E-state index contributed by atoms with van der Waals surface area (Å²) in [6.07, 6.45) is 1.45. The Morgan fingerprint density at radius 1 is 1.08 bits per heavy atom. The molecule has 2 aromatic heterocycles. The highest BCUT2D eigenvalue weighted by Gasteiger charge is 2.30. The van der Waals surface area contributed by atoms with Gasteiger partial charge in [-0.3, -0.25) is 4.79 Å². The van der Waals surface area contributed by atoms with Crippen LogP contribution in [0.25, 0.3) is 5.52 Å². The van der Waals surface area contributed by atoms with Gasteiger partial charge in [0, 0.05) is 24.1 Å². The fraction of sp³-hybridized carbons (Fsp3) is 0.483. The van der Waals surface area contributed by atoms with Gasteiger partial charge in [0.1, 0.15) is 29.6 Å². The van der Waals surface area contributed by atoms with Crippen LogP contribution in [0.3, 0.4) is 0 Å². The number of fused-ring (bicyclic) bond motifs is 1. The van der Waals surface area contributed by atoms with Gasteiger partial charge in [0.25, 0.3) is 0 Å². The Morgan fingerprint density at radius 3 is 2.33 bits per heavy atom. The summed E-state index contributed by atoms with van der Waals surface area (Å²) in [5, 5.41) is 7.41. The lowest BCUT2D eigenvalue weighted by Crippen LogP contribution is -2.48. The number of nitrogens with zero attached hydrogens (tertiary/aromatic N) is 2. The van der Waals surface area contributed by atoms with E-state index in [1.807, 2.05) is 13.8 Å². The molecule has 1 amide bonds. The zero-order chi connectivity index (χ0) is 29.0. The molecule has 8 nitrogen and oxygen atoms in total. The van der Waals surface area contributed by atoms with E-state index in [2.05, 4.69) is 10.4 Å². The van der Waals surface area contributed by atoms with Crippen LogP contribution in [0.4, 0.5) is 13.6 Å². The van der Waals surface area contributed by atoms with Gasteiger partial charge in [0.15, 0.2) is 5.78 Å². The van der Waals surface area contributed by atoms with Crippen LogP contribution in [0, 0.1) is 18.6 Å². The number of pyridine rings is 1. The first-order valence-corrected chi connectivity index (χ1v) is 12.9. The number of Topliss-reactive ketones (excluding diaryl/α,β-unsaturated/α-hetero) is 1. The quantitative estimate of drug-likeness (QED) is 0.275. The Balaban J connectivity index is 1.87. The zero-order valence-corrected chi connectivity index (χ0v) is 23.6. The smallest absolute Gasteiger partial charge is 0.408 e. The molecule has 0 radical (unpaired) electrons. The van der Waals surface area contributed by atoms with Crippen LogP contribution < -0.4 is 14.8 Å². The highest BCUT2D eigenvalue weighted by atomic mass is 19.1. The van der Waals surface area contributed by atoms with Crippen LogP contribution in [0.5, 0.6) is 11.6 Å². The lowest BCUT2D eigenvalue weighted by Gasteiger charge is -2.32. The van der Waals surface area contributed by atoms with Gasteiger partial charge in [-0.2, -0.15) is 9.61 Å². The third-order valence-corrected chi connectivity index (χ3v) is 6.30. The lowest BCUT2D eigenvalue weighted by atomic mass is 9.88. The van der Waals surface area contributed by atoms with E-state index >= 15 is 0 Å². The van der Waals surface area contributed by atoms with Gasteiger partial charge in [-0.1, -0.05) is 19.4 Å². The molecule has 0 spiro atoms. The fourth-order valence-electron chi connectivity index (χ4n) is 4.45. The highest BCUT2D eigenvalue weighted by molar-refractivity contribution is 6.03. The maximum Gasteiger partial charge on any atom is 0.408 e. The first-order chi connectivity index (χ1) is 18.3. The molecule has 2 heterocycles. The summed E-state index contributed by atoms with van der Waals surface area (Å²) in [7, 11) is 1.47. The SMILES string of the molecule is CCCC(C)(CCC(=O)c1c(C)nn2c(OCc3c(F)cccc3F)cc(OC)cc12)NC(=O)OC(C)(C)C. The maximum absolute atomic E-state index is 14.1. The van der Waals surface area contributed by atoms with Crippen molar-refractivity contribution in [1.29, 1.82) is 0 Å². The van der Waals surface area contributed by atoms with E-state index in [4.69, 9.17) is 14.2 Å². The molecule has 39 heavy (non-hydrogen) atoms. The van der Waals surface area contributed by atoms with E-state index in [0.717, 1.165) is 18.6 Å². The Bertz CT molecular complexity index is 1330. The number of amides is 1. The number of hydrogen-bond acceptors (Lipinski definition) is 6. The van der Waals surface area contributed by atoms with Crippen LogP contribution in [0.1, 0.15) is 81.9 Å². The van der Waals surface area contributed by atoms with Gasteiger partial charge in [-0.05, 0) is 59.6 Å². The number of methoxy groups -OCH3 is 1. The van der Waals surface area contributed by atoms with Gasteiger partial charge in [0.2, 0.25) is 5.88 Å². The van der Waals surface area contributed by atoms with Crippen molar-refractivity contribution >= 4 is 17.4 Å². The van der Waals surface area contributed by atoms with E-state index in [-0.39, 0.29) is 30.3 Å². The van der Waals surface area contributed by atoms with E-state index in [1.165, 1.54) is 23.8 Å². The predicted octanol–water partition coefficient (Wildman–Crippen LogP) is 6.55. The number of ketones is 1. The molecule has 10 heteroatoms. The number of aryl methyl sites for hydroxylation is 1. The molecular formula is C29H37F2N3O5. The minimum atomic E-state index is -0.725. The van der Waals surface area contributed by atoms with Crippen molar-refractivity contribution in [2.75, 3.05) is 7.11 Å². The summed E-state index contributed by atoms with van der Waals surface area (Å²) in [5.74, 6) is -1.07. The third kappa shape index (κ3) is 7.46. The largest absolute Gasteiger partial charge is 0.496 e. The van der Waals surface area contributed by atoms with Crippen molar-refractivity contribution in [3.05, 3.63) is 58.8 Å². The van der Waals surface area contributed by atoms with E-state index in [1.54, 1.807) is 33.8 Å². The molecule has 1 atom stereocenters. The Morgan fingerprint density at radius 2 is 1.74 bits per heavy atom. The number of rotatable bonds is 11. The van der Waals surface area contributed by atoms with E-state index in [9.17, 15) is 18.4 Å². The molecule has 1 N–H and O–H groups in total. The minimum Gasteiger partial charge on any atom is -0.496 e. The molecule has 0 fully saturated rings. The zero-order valence-electron chi connectivity index (χ0n) is 23.6. The fourth-order valence-corrected chi connectivity index (χ4v) is 4.45. The normalized spacial score (nSPS) is 13.2. The minimum absolute atomic E-state index is 0.141. The van der Waals surface area contributed by atoms with Gasteiger partial charge >= 0.3 is 6.09 Å². The van der Waals surface area contributed by atoms with Crippen molar-refractivity contribution < 1.29 is 32.6 Å². The molecule has 1 unspecified atom stereocenters. The number of hydrogen-bond donors (Lipinski definition) is 1. The number of benzene rings is 1. The number of ether oxygens (including phenoxy) is 3. The van der Waals surface area contributed by atoms with Gasteiger partial charge < -0.3 is 19.5 Å². The number of aromatic nitrogens is 2. The number of nitrogens with one attached hydrogen (secondary N) is 1. The summed E-state index contributed by atoms with van der Waals surface area (Å²) in [4.78, 5) is 26.0. The second-order valence-electron chi connectivity index (χ2n) is 10.8. The number of halogens is 2. The molecule has 0 saturated heterocycles.